The Labute approximate surface area is 96.3 Å². The van der Waals surface area contributed by atoms with Crippen LogP contribution in [-0.4, -0.2) is 9.13 Å². The van der Waals surface area contributed by atoms with Gasteiger partial charge in [0.1, 0.15) is 0 Å². The molecule has 1 aromatic carbocycles. The fourth-order valence-electron chi connectivity index (χ4n) is 1.37. The largest absolute Gasteiger partial charge is 0.335 e. The summed E-state index contributed by atoms with van der Waals surface area (Å²) in [5.74, 6) is 0. The maximum absolute atomic E-state index is 11.8. The SMILES string of the molecule is Cn1c(=O)ccn(-c2ccc(Cl)cc2)c1=O. The molecule has 0 amide bonds. The number of nitrogens with zero attached hydrogens (tertiary/aromatic N) is 2. The van der Waals surface area contributed by atoms with Crippen LogP contribution in [0.3, 0.4) is 0 Å². The molecule has 0 spiro atoms. The third-order valence-corrected chi connectivity index (χ3v) is 2.55. The Morgan fingerprint density at radius 3 is 2.31 bits per heavy atom. The number of hydrogen-bond donors (Lipinski definition) is 0. The Morgan fingerprint density at radius 1 is 1.06 bits per heavy atom. The Morgan fingerprint density at radius 2 is 1.69 bits per heavy atom. The summed E-state index contributed by atoms with van der Waals surface area (Å²) in [4.78, 5) is 23.0. The van der Waals surface area contributed by atoms with Crippen molar-refractivity contribution in [1.82, 2.24) is 9.13 Å². The van der Waals surface area contributed by atoms with E-state index in [1.165, 1.54) is 23.9 Å². The van der Waals surface area contributed by atoms with Crippen LogP contribution in [0.2, 0.25) is 5.02 Å². The minimum Gasteiger partial charge on any atom is -0.269 e. The van der Waals surface area contributed by atoms with Crippen molar-refractivity contribution >= 4 is 11.6 Å². The predicted molar refractivity (Wildman–Crippen MR) is 62.3 cm³/mol. The maximum atomic E-state index is 11.8. The molecule has 2 rings (SSSR count). The molecule has 1 aromatic heterocycles. The lowest BCUT2D eigenvalue weighted by atomic mass is 10.3. The van der Waals surface area contributed by atoms with E-state index < -0.39 is 0 Å². The van der Waals surface area contributed by atoms with Gasteiger partial charge < -0.3 is 0 Å². The van der Waals surface area contributed by atoms with Gasteiger partial charge in [0.2, 0.25) is 0 Å². The van der Waals surface area contributed by atoms with Crippen LogP contribution >= 0.6 is 11.6 Å². The molecule has 2 aromatic rings. The molecule has 0 aliphatic carbocycles. The fourth-order valence-corrected chi connectivity index (χ4v) is 1.49. The lowest BCUT2D eigenvalue weighted by Crippen LogP contribution is -2.36. The van der Waals surface area contributed by atoms with Gasteiger partial charge in [-0.15, -0.1) is 0 Å². The van der Waals surface area contributed by atoms with E-state index in [1.807, 2.05) is 0 Å². The van der Waals surface area contributed by atoms with Crippen LogP contribution in [0, 0.1) is 0 Å². The molecule has 4 nitrogen and oxygen atoms in total. The molecule has 5 heteroatoms. The molecule has 82 valence electrons. The summed E-state index contributed by atoms with van der Waals surface area (Å²) in [5, 5.41) is 0.599. The lowest BCUT2D eigenvalue weighted by molar-refractivity contribution is 0.728. The smallest absolute Gasteiger partial charge is 0.269 e. The van der Waals surface area contributed by atoms with Crippen molar-refractivity contribution in [2.75, 3.05) is 0 Å². The summed E-state index contributed by atoms with van der Waals surface area (Å²) < 4.78 is 2.44. The highest BCUT2D eigenvalue weighted by molar-refractivity contribution is 6.30. The van der Waals surface area contributed by atoms with Crippen LogP contribution in [0.1, 0.15) is 0 Å². The molecular formula is C11H9ClN2O2. The van der Waals surface area contributed by atoms with Crippen LogP contribution in [-0.2, 0) is 7.05 Å². The fraction of sp³-hybridized carbons (Fsp3) is 0.0909. The van der Waals surface area contributed by atoms with Crippen LogP contribution in [0.15, 0.2) is 46.1 Å². The maximum Gasteiger partial charge on any atom is 0.335 e. The molecule has 0 atom stereocenters. The third kappa shape index (κ3) is 1.79. The van der Waals surface area contributed by atoms with Crippen molar-refractivity contribution in [1.29, 1.82) is 0 Å². The number of hydrogen-bond acceptors (Lipinski definition) is 2. The molecule has 0 saturated carbocycles. The zero-order chi connectivity index (χ0) is 11.7. The van der Waals surface area contributed by atoms with Gasteiger partial charge in [0.15, 0.2) is 0 Å². The van der Waals surface area contributed by atoms with E-state index in [4.69, 9.17) is 11.6 Å². The first-order valence-electron chi connectivity index (χ1n) is 4.64. The van der Waals surface area contributed by atoms with E-state index >= 15 is 0 Å². The van der Waals surface area contributed by atoms with E-state index in [1.54, 1.807) is 24.3 Å². The Hall–Kier alpha value is -1.81. The van der Waals surface area contributed by atoms with Crippen molar-refractivity contribution in [3.63, 3.8) is 0 Å². The predicted octanol–water partition coefficient (Wildman–Crippen LogP) is 1.19. The molecule has 1 heterocycles. The van der Waals surface area contributed by atoms with E-state index in [0.717, 1.165) is 4.57 Å². The second-order valence-electron chi connectivity index (χ2n) is 3.34. The lowest BCUT2D eigenvalue weighted by Gasteiger charge is -2.06. The van der Waals surface area contributed by atoms with Gasteiger partial charge in [-0.3, -0.25) is 13.9 Å². The normalized spacial score (nSPS) is 10.4. The zero-order valence-corrected chi connectivity index (χ0v) is 9.31. The van der Waals surface area contributed by atoms with Gasteiger partial charge in [0, 0.05) is 24.3 Å². The Bertz CT molecular complexity index is 626. The highest BCUT2D eigenvalue weighted by atomic mass is 35.5. The molecule has 0 radical (unpaired) electrons. The van der Waals surface area contributed by atoms with Crippen molar-refractivity contribution in [2.45, 2.75) is 0 Å². The second kappa shape index (κ2) is 3.98. The van der Waals surface area contributed by atoms with Gasteiger partial charge in [0.25, 0.3) is 5.56 Å². The summed E-state index contributed by atoms with van der Waals surface area (Å²) in [5.41, 5.74) is -0.0324. The molecule has 0 aliphatic rings. The van der Waals surface area contributed by atoms with Gasteiger partial charge >= 0.3 is 5.69 Å². The first kappa shape index (κ1) is 10.7. The number of halogens is 1. The van der Waals surface area contributed by atoms with Gasteiger partial charge in [-0.25, -0.2) is 4.79 Å². The topological polar surface area (TPSA) is 44.0 Å². The second-order valence-corrected chi connectivity index (χ2v) is 3.78. The van der Waals surface area contributed by atoms with Crippen LogP contribution < -0.4 is 11.2 Å². The van der Waals surface area contributed by atoms with E-state index in [0.29, 0.717) is 10.7 Å². The Balaban J connectivity index is 2.66. The molecule has 0 saturated heterocycles. The van der Waals surface area contributed by atoms with Gasteiger partial charge in [0.05, 0.1) is 5.69 Å². The average Bonchev–Trinajstić information content (AvgIpc) is 2.28. The summed E-state index contributed by atoms with van der Waals surface area (Å²) >= 11 is 5.75. The van der Waals surface area contributed by atoms with Crippen LogP contribution in [0.4, 0.5) is 0 Å². The Kier molecular flexibility index (Phi) is 2.66. The molecule has 0 bridgehead atoms. The van der Waals surface area contributed by atoms with Gasteiger partial charge in [-0.2, -0.15) is 0 Å². The van der Waals surface area contributed by atoms with Crippen molar-refractivity contribution in [3.8, 4) is 5.69 Å². The van der Waals surface area contributed by atoms with Gasteiger partial charge in [-0.05, 0) is 24.3 Å². The molecule has 0 aliphatic heterocycles. The number of benzene rings is 1. The third-order valence-electron chi connectivity index (χ3n) is 2.29. The van der Waals surface area contributed by atoms with Crippen LogP contribution in [0.25, 0.3) is 5.69 Å². The average molecular weight is 237 g/mol. The highest BCUT2D eigenvalue weighted by Gasteiger charge is 2.02. The summed E-state index contributed by atoms with van der Waals surface area (Å²) in [7, 11) is 1.44. The quantitative estimate of drug-likeness (QED) is 0.747. The van der Waals surface area contributed by atoms with E-state index in [2.05, 4.69) is 0 Å². The standard InChI is InChI=1S/C11H9ClN2O2/c1-13-10(15)6-7-14(11(13)16)9-4-2-8(12)3-5-9/h2-7H,1H3. The summed E-state index contributed by atoms with van der Waals surface area (Å²) in [6.45, 7) is 0. The highest BCUT2D eigenvalue weighted by Crippen LogP contribution is 2.11. The van der Waals surface area contributed by atoms with Crippen LogP contribution in [0.5, 0.6) is 0 Å². The molecule has 0 unspecified atom stereocenters. The molecule has 0 N–H and O–H groups in total. The summed E-state index contributed by atoms with van der Waals surface area (Å²) in [6.07, 6.45) is 1.45. The number of rotatable bonds is 1. The zero-order valence-electron chi connectivity index (χ0n) is 8.55. The first-order valence-corrected chi connectivity index (χ1v) is 5.02. The summed E-state index contributed by atoms with van der Waals surface area (Å²) in [6, 6.07) is 8.15. The molecule has 16 heavy (non-hydrogen) atoms. The van der Waals surface area contributed by atoms with Crippen molar-refractivity contribution in [2.24, 2.45) is 7.05 Å². The minimum atomic E-state index is -0.380. The molecule has 0 fully saturated rings. The van der Waals surface area contributed by atoms with Gasteiger partial charge in [-0.1, -0.05) is 11.6 Å². The minimum absolute atomic E-state index is 0.324. The monoisotopic (exact) mass is 236 g/mol. The van der Waals surface area contributed by atoms with E-state index in [9.17, 15) is 9.59 Å². The van der Waals surface area contributed by atoms with Crippen molar-refractivity contribution < 1.29 is 0 Å². The van der Waals surface area contributed by atoms with E-state index in [-0.39, 0.29) is 11.2 Å². The van der Waals surface area contributed by atoms with Crippen molar-refractivity contribution in [3.05, 3.63) is 62.4 Å². The number of aromatic nitrogens is 2. The first-order chi connectivity index (χ1) is 7.59. The molecular weight excluding hydrogens is 228 g/mol.